The number of ether oxygens (including phenoxy) is 2. The highest BCUT2D eigenvalue weighted by Gasteiger charge is 2.24. The zero-order valence-electron chi connectivity index (χ0n) is 10.7. The minimum atomic E-state index is -0.215. The van der Waals surface area contributed by atoms with E-state index in [0.29, 0.717) is 18.2 Å². The molecule has 100 valence electrons. The van der Waals surface area contributed by atoms with Crippen molar-refractivity contribution in [1.82, 2.24) is 4.98 Å². The zero-order chi connectivity index (χ0) is 13.5. The van der Waals surface area contributed by atoms with Crippen LogP contribution in [-0.4, -0.2) is 43.6 Å². The summed E-state index contributed by atoms with van der Waals surface area (Å²) < 4.78 is 10.2. The Morgan fingerprint density at radius 3 is 2.83 bits per heavy atom. The number of methoxy groups -OCH3 is 2. The lowest BCUT2D eigenvalue weighted by Crippen LogP contribution is -2.42. The fourth-order valence-corrected chi connectivity index (χ4v) is 1.85. The Morgan fingerprint density at radius 2 is 2.28 bits per heavy atom. The Morgan fingerprint density at radius 1 is 1.56 bits per heavy atom. The van der Waals surface area contributed by atoms with Crippen LogP contribution in [0, 0.1) is 0 Å². The molecule has 18 heavy (non-hydrogen) atoms. The number of pyridine rings is 1. The molecule has 1 unspecified atom stereocenters. The third kappa shape index (κ3) is 3.34. The average molecular weight is 273 g/mol. The zero-order valence-corrected chi connectivity index (χ0v) is 11.5. The molecule has 0 N–H and O–H groups in total. The Bertz CT molecular complexity index is 401. The second kappa shape index (κ2) is 7.18. The first kappa shape index (κ1) is 14.7. The van der Waals surface area contributed by atoms with Gasteiger partial charge in [-0.1, -0.05) is 0 Å². The maximum atomic E-state index is 12.0. The second-order valence-electron chi connectivity index (χ2n) is 3.73. The third-order valence-electron chi connectivity index (χ3n) is 2.44. The van der Waals surface area contributed by atoms with Gasteiger partial charge < -0.3 is 14.4 Å². The van der Waals surface area contributed by atoms with Crippen molar-refractivity contribution >= 4 is 23.2 Å². The molecule has 1 rings (SSSR count). The van der Waals surface area contributed by atoms with E-state index in [1.54, 1.807) is 30.3 Å². The molecule has 0 saturated carbocycles. The van der Waals surface area contributed by atoms with Crippen molar-refractivity contribution < 1.29 is 14.3 Å². The van der Waals surface area contributed by atoms with Crippen LogP contribution in [0.25, 0.3) is 0 Å². The quantitative estimate of drug-likeness (QED) is 0.740. The summed E-state index contributed by atoms with van der Waals surface area (Å²) in [4.78, 5) is 17.6. The SMILES string of the molecule is COCC(C)N(C(=O)CCl)c1cccnc1OC. The van der Waals surface area contributed by atoms with Crippen LogP contribution in [0.4, 0.5) is 5.69 Å². The van der Waals surface area contributed by atoms with E-state index in [0.717, 1.165) is 0 Å². The molecule has 0 bridgehead atoms. The fourth-order valence-electron chi connectivity index (χ4n) is 1.72. The molecule has 1 atom stereocenters. The number of amides is 1. The first-order chi connectivity index (χ1) is 8.65. The molecule has 0 aliphatic carbocycles. The van der Waals surface area contributed by atoms with Gasteiger partial charge in [-0.15, -0.1) is 11.6 Å². The summed E-state index contributed by atoms with van der Waals surface area (Å²) in [5.74, 6) is 0.0676. The largest absolute Gasteiger partial charge is 0.480 e. The molecule has 5 nitrogen and oxygen atoms in total. The standard InChI is InChI=1S/C12H17ClN2O3/c1-9(8-17-2)15(11(16)7-13)10-5-4-6-14-12(10)18-3/h4-6,9H,7-8H2,1-3H3. The van der Waals surface area contributed by atoms with E-state index in [4.69, 9.17) is 21.1 Å². The molecule has 6 heteroatoms. The Hall–Kier alpha value is -1.33. The number of carbonyl (C=O) groups excluding carboxylic acids is 1. The van der Waals surface area contributed by atoms with E-state index in [1.165, 1.54) is 7.11 Å². The van der Waals surface area contributed by atoms with Crippen molar-refractivity contribution in [3.05, 3.63) is 18.3 Å². The minimum absolute atomic E-state index is 0.105. The van der Waals surface area contributed by atoms with Crippen LogP contribution in [-0.2, 0) is 9.53 Å². The highest BCUT2D eigenvalue weighted by atomic mass is 35.5. The van der Waals surface area contributed by atoms with Crippen LogP contribution in [0.2, 0.25) is 0 Å². The monoisotopic (exact) mass is 272 g/mol. The normalized spacial score (nSPS) is 12.0. The third-order valence-corrected chi connectivity index (χ3v) is 2.66. The smallest absolute Gasteiger partial charge is 0.242 e. The predicted molar refractivity (Wildman–Crippen MR) is 70.3 cm³/mol. The first-order valence-corrected chi connectivity index (χ1v) is 6.05. The lowest BCUT2D eigenvalue weighted by atomic mass is 10.2. The number of carbonyl (C=O) groups is 1. The van der Waals surface area contributed by atoms with Crippen molar-refractivity contribution in [3.8, 4) is 5.88 Å². The van der Waals surface area contributed by atoms with Crippen LogP contribution >= 0.6 is 11.6 Å². The van der Waals surface area contributed by atoms with Gasteiger partial charge in [-0.3, -0.25) is 4.79 Å². The molecular formula is C12H17ClN2O3. The van der Waals surface area contributed by atoms with E-state index in [9.17, 15) is 4.79 Å². The number of nitrogens with zero attached hydrogens (tertiary/aromatic N) is 2. The predicted octanol–water partition coefficient (Wildman–Crippen LogP) is 1.70. The van der Waals surface area contributed by atoms with Crippen molar-refractivity contribution in [3.63, 3.8) is 0 Å². The Kier molecular flexibility index (Phi) is 5.88. The van der Waals surface area contributed by atoms with Crippen LogP contribution < -0.4 is 9.64 Å². The number of halogens is 1. The van der Waals surface area contributed by atoms with Crippen LogP contribution in [0.1, 0.15) is 6.92 Å². The average Bonchev–Trinajstić information content (AvgIpc) is 2.39. The van der Waals surface area contributed by atoms with Crippen molar-refractivity contribution in [2.45, 2.75) is 13.0 Å². The number of hydrogen-bond donors (Lipinski definition) is 0. The Labute approximate surface area is 112 Å². The first-order valence-electron chi connectivity index (χ1n) is 5.51. The van der Waals surface area contributed by atoms with E-state index in [1.807, 2.05) is 6.92 Å². The van der Waals surface area contributed by atoms with Crippen LogP contribution in [0.3, 0.4) is 0 Å². The van der Waals surface area contributed by atoms with Gasteiger partial charge in [0.1, 0.15) is 11.6 Å². The number of alkyl halides is 1. The second-order valence-corrected chi connectivity index (χ2v) is 4.00. The number of hydrogen-bond acceptors (Lipinski definition) is 4. The highest BCUT2D eigenvalue weighted by molar-refractivity contribution is 6.29. The summed E-state index contributed by atoms with van der Waals surface area (Å²) >= 11 is 5.64. The van der Waals surface area contributed by atoms with Crippen LogP contribution in [0.5, 0.6) is 5.88 Å². The summed E-state index contributed by atoms with van der Waals surface area (Å²) in [6, 6.07) is 3.35. The Balaban J connectivity index is 3.12. The number of rotatable bonds is 6. The molecule has 0 spiro atoms. The molecular weight excluding hydrogens is 256 g/mol. The molecule has 1 heterocycles. The van der Waals surface area contributed by atoms with Gasteiger partial charge in [0.2, 0.25) is 11.8 Å². The summed E-state index contributed by atoms with van der Waals surface area (Å²) in [5.41, 5.74) is 0.593. The van der Waals surface area contributed by atoms with Gasteiger partial charge in [0.25, 0.3) is 0 Å². The number of aromatic nitrogens is 1. The van der Waals surface area contributed by atoms with Gasteiger partial charge >= 0.3 is 0 Å². The molecule has 1 amide bonds. The lowest BCUT2D eigenvalue weighted by Gasteiger charge is -2.28. The summed E-state index contributed by atoms with van der Waals surface area (Å²) in [5, 5.41) is 0. The van der Waals surface area contributed by atoms with Crippen LogP contribution in [0.15, 0.2) is 18.3 Å². The molecule has 1 aromatic rings. The summed E-state index contributed by atoms with van der Waals surface area (Å²) in [6.07, 6.45) is 1.60. The minimum Gasteiger partial charge on any atom is -0.480 e. The molecule has 1 aromatic heterocycles. The van der Waals surface area contributed by atoms with E-state index >= 15 is 0 Å². The van der Waals surface area contributed by atoms with Gasteiger partial charge in [0, 0.05) is 13.3 Å². The van der Waals surface area contributed by atoms with Gasteiger partial charge in [-0.2, -0.15) is 0 Å². The van der Waals surface area contributed by atoms with Gasteiger partial charge in [0.15, 0.2) is 0 Å². The van der Waals surface area contributed by atoms with E-state index < -0.39 is 0 Å². The summed E-state index contributed by atoms with van der Waals surface area (Å²) in [7, 11) is 3.09. The molecule has 0 aliphatic heterocycles. The maximum absolute atomic E-state index is 12.0. The molecule has 0 aliphatic rings. The topological polar surface area (TPSA) is 51.7 Å². The van der Waals surface area contributed by atoms with Gasteiger partial charge in [-0.05, 0) is 19.1 Å². The molecule has 0 saturated heterocycles. The fraction of sp³-hybridized carbons (Fsp3) is 0.500. The highest BCUT2D eigenvalue weighted by Crippen LogP contribution is 2.27. The summed E-state index contributed by atoms with van der Waals surface area (Å²) in [6.45, 7) is 2.28. The number of anilines is 1. The molecule has 0 radical (unpaired) electrons. The molecule has 0 aromatic carbocycles. The van der Waals surface area contributed by atoms with Crippen molar-refractivity contribution in [2.24, 2.45) is 0 Å². The van der Waals surface area contributed by atoms with Crippen molar-refractivity contribution in [2.75, 3.05) is 31.6 Å². The van der Waals surface area contributed by atoms with Gasteiger partial charge in [0.05, 0.1) is 19.8 Å². The van der Waals surface area contributed by atoms with E-state index in [-0.39, 0.29) is 17.8 Å². The van der Waals surface area contributed by atoms with E-state index in [2.05, 4.69) is 4.98 Å². The molecule has 0 fully saturated rings. The van der Waals surface area contributed by atoms with Crippen molar-refractivity contribution in [1.29, 1.82) is 0 Å². The lowest BCUT2D eigenvalue weighted by molar-refractivity contribution is -0.116. The maximum Gasteiger partial charge on any atom is 0.242 e. The van der Waals surface area contributed by atoms with Gasteiger partial charge in [-0.25, -0.2) is 4.98 Å².